The van der Waals surface area contributed by atoms with Gasteiger partial charge in [-0.2, -0.15) is 0 Å². The Morgan fingerprint density at radius 2 is 1.91 bits per heavy atom. The van der Waals surface area contributed by atoms with E-state index in [1.165, 1.54) is 10.8 Å². The van der Waals surface area contributed by atoms with Crippen molar-refractivity contribution in [1.29, 1.82) is 0 Å². The van der Waals surface area contributed by atoms with E-state index >= 15 is 0 Å². The van der Waals surface area contributed by atoms with Gasteiger partial charge in [-0.05, 0) is 47.9 Å². The second kappa shape index (κ2) is 8.16. The Morgan fingerprint density at radius 1 is 1.26 bits per heavy atom. The highest BCUT2D eigenvalue weighted by molar-refractivity contribution is 6.14. The van der Waals surface area contributed by atoms with Crippen molar-refractivity contribution < 1.29 is 9.53 Å². The zero-order chi connectivity index (χ0) is 17.0. The highest BCUT2D eigenvalue weighted by atomic mass is 35.5. The minimum Gasteiger partial charge on any atom is -0.461 e. The molecule has 1 aromatic rings. The maximum absolute atomic E-state index is 12.8. The van der Waals surface area contributed by atoms with Crippen molar-refractivity contribution in [2.45, 2.75) is 52.2 Å². The van der Waals surface area contributed by atoms with Crippen LogP contribution in [0.3, 0.4) is 0 Å². The van der Waals surface area contributed by atoms with E-state index in [-0.39, 0.29) is 12.1 Å². The summed E-state index contributed by atoms with van der Waals surface area (Å²) in [7, 11) is 1.70. The number of hydrogen-bond donors (Lipinski definition) is 0. The van der Waals surface area contributed by atoms with Crippen LogP contribution in [-0.2, 0) is 9.53 Å². The first-order chi connectivity index (χ1) is 10.9. The number of nitrogens with zero attached hydrogens (tertiary/aromatic N) is 1. The molecule has 4 heteroatoms. The van der Waals surface area contributed by atoms with Crippen LogP contribution in [0.1, 0.15) is 51.6 Å². The number of carbonyl (C=O) groups excluding carboxylic acids is 1. The average Bonchev–Trinajstić information content (AvgIpc) is 2.47. The second-order valence-corrected chi connectivity index (χ2v) is 7.67. The molecule has 4 atom stereocenters. The van der Waals surface area contributed by atoms with Crippen LogP contribution in [0, 0.1) is 17.8 Å². The molecule has 0 bridgehead atoms. The van der Waals surface area contributed by atoms with E-state index in [4.69, 9.17) is 16.5 Å². The zero-order valence-electron chi connectivity index (χ0n) is 14.5. The molecular formula is C19H28ClNO2. The minimum absolute atomic E-state index is 0.00548. The Morgan fingerprint density at radius 3 is 2.48 bits per heavy atom. The van der Waals surface area contributed by atoms with Gasteiger partial charge < -0.3 is 4.74 Å². The second-order valence-electron chi connectivity index (χ2n) is 7.14. The first kappa shape index (κ1) is 18.3. The SMILES string of the molecule is CC(C)[C@@H]1CC[C@@H](C)C[C@H]1OC(=O)[C@H](c1ccccc1)N(C)Cl. The third-order valence-electron chi connectivity index (χ3n) is 4.92. The first-order valence-electron chi connectivity index (χ1n) is 8.54. The van der Waals surface area contributed by atoms with Gasteiger partial charge in [0.15, 0.2) is 0 Å². The predicted molar refractivity (Wildman–Crippen MR) is 94.0 cm³/mol. The number of carbonyl (C=O) groups is 1. The fraction of sp³-hybridized carbons (Fsp3) is 0.632. The van der Waals surface area contributed by atoms with Crippen molar-refractivity contribution in [3.05, 3.63) is 35.9 Å². The largest absolute Gasteiger partial charge is 0.461 e. The van der Waals surface area contributed by atoms with E-state index < -0.39 is 6.04 Å². The summed E-state index contributed by atoms with van der Waals surface area (Å²) in [5, 5.41) is 0. The molecule has 0 N–H and O–H groups in total. The molecule has 128 valence electrons. The van der Waals surface area contributed by atoms with Gasteiger partial charge in [-0.25, -0.2) is 9.21 Å². The van der Waals surface area contributed by atoms with Crippen LogP contribution in [0.2, 0.25) is 0 Å². The summed E-state index contributed by atoms with van der Waals surface area (Å²) in [6.45, 7) is 6.66. The number of likely N-dealkylation sites (N-methyl/N-ethyl adjacent to an activating group) is 1. The molecule has 1 aliphatic carbocycles. The lowest BCUT2D eigenvalue weighted by molar-refractivity contribution is -0.160. The minimum atomic E-state index is -0.567. The fourth-order valence-corrected chi connectivity index (χ4v) is 3.78. The fourth-order valence-electron chi connectivity index (χ4n) is 3.59. The lowest BCUT2D eigenvalue weighted by Gasteiger charge is -2.37. The molecule has 0 heterocycles. The molecule has 0 unspecified atom stereocenters. The van der Waals surface area contributed by atoms with Gasteiger partial charge in [-0.15, -0.1) is 0 Å². The van der Waals surface area contributed by atoms with E-state index in [1.54, 1.807) is 7.05 Å². The van der Waals surface area contributed by atoms with Crippen LogP contribution >= 0.6 is 11.8 Å². The van der Waals surface area contributed by atoms with Gasteiger partial charge >= 0.3 is 5.97 Å². The molecule has 1 aliphatic rings. The van der Waals surface area contributed by atoms with E-state index in [2.05, 4.69) is 20.8 Å². The molecule has 23 heavy (non-hydrogen) atoms. The predicted octanol–water partition coefficient (Wildman–Crippen LogP) is 4.82. The van der Waals surface area contributed by atoms with Crippen LogP contribution in [0.5, 0.6) is 0 Å². The molecule has 0 radical (unpaired) electrons. The number of rotatable bonds is 5. The van der Waals surface area contributed by atoms with Crippen molar-refractivity contribution in [1.82, 2.24) is 4.42 Å². The molecule has 0 aromatic heterocycles. The zero-order valence-corrected chi connectivity index (χ0v) is 15.3. The standard InChI is InChI=1S/C19H28ClNO2/c1-13(2)16-11-10-14(3)12-17(16)23-19(22)18(21(4)20)15-8-6-5-7-9-15/h5-9,13-14,16-18H,10-12H2,1-4H3/t14-,16+,17-,18+/m1/s1. The van der Waals surface area contributed by atoms with Gasteiger partial charge in [0.1, 0.15) is 12.1 Å². The van der Waals surface area contributed by atoms with Crippen LogP contribution in [0.4, 0.5) is 0 Å². The average molecular weight is 338 g/mol. The van der Waals surface area contributed by atoms with Crippen LogP contribution in [0.25, 0.3) is 0 Å². The summed E-state index contributed by atoms with van der Waals surface area (Å²) in [5.41, 5.74) is 0.861. The molecule has 1 aromatic carbocycles. The van der Waals surface area contributed by atoms with Gasteiger partial charge in [-0.3, -0.25) is 0 Å². The maximum Gasteiger partial charge on any atom is 0.329 e. The summed E-state index contributed by atoms with van der Waals surface area (Å²) >= 11 is 6.15. The molecule has 1 fully saturated rings. The smallest absolute Gasteiger partial charge is 0.329 e. The van der Waals surface area contributed by atoms with Crippen LogP contribution in [0.15, 0.2) is 30.3 Å². The topological polar surface area (TPSA) is 29.5 Å². The Kier molecular flexibility index (Phi) is 6.49. The normalized spacial score (nSPS) is 26.3. The Hall–Kier alpha value is -1.06. The lowest BCUT2D eigenvalue weighted by atomic mass is 9.75. The Labute approximate surface area is 145 Å². The molecule has 3 nitrogen and oxygen atoms in total. The van der Waals surface area contributed by atoms with E-state index in [1.807, 2.05) is 30.3 Å². The first-order valence-corrected chi connectivity index (χ1v) is 8.88. The third kappa shape index (κ3) is 4.71. The highest BCUT2D eigenvalue weighted by Crippen LogP contribution is 2.36. The number of hydrogen-bond acceptors (Lipinski definition) is 3. The van der Waals surface area contributed by atoms with Gasteiger partial charge in [0.05, 0.1) is 0 Å². The van der Waals surface area contributed by atoms with Gasteiger partial charge in [0.2, 0.25) is 0 Å². The van der Waals surface area contributed by atoms with E-state index in [0.717, 1.165) is 18.4 Å². The van der Waals surface area contributed by atoms with E-state index in [0.29, 0.717) is 17.8 Å². The number of ether oxygens (including phenoxy) is 1. The summed E-state index contributed by atoms with van der Waals surface area (Å²) in [5.74, 6) is 1.31. The molecule has 0 spiro atoms. The molecule has 2 rings (SSSR count). The highest BCUT2D eigenvalue weighted by Gasteiger charge is 2.36. The van der Waals surface area contributed by atoms with Crippen LogP contribution < -0.4 is 0 Å². The summed E-state index contributed by atoms with van der Waals surface area (Å²) in [4.78, 5) is 12.8. The quantitative estimate of drug-likeness (QED) is 0.570. The number of halogens is 1. The summed E-state index contributed by atoms with van der Waals surface area (Å²) in [6.07, 6.45) is 3.29. The summed E-state index contributed by atoms with van der Waals surface area (Å²) in [6, 6.07) is 9.01. The third-order valence-corrected chi connectivity index (χ3v) is 5.12. The van der Waals surface area contributed by atoms with Crippen molar-refractivity contribution in [2.24, 2.45) is 17.8 Å². The lowest BCUT2D eigenvalue weighted by Crippen LogP contribution is -2.38. The number of benzene rings is 1. The molecule has 0 aliphatic heterocycles. The van der Waals surface area contributed by atoms with Gasteiger partial charge in [0.25, 0.3) is 0 Å². The molecule has 0 saturated heterocycles. The van der Waals surface area contributed by atoms with Crippen molar-refractivity contribution >= 4 is 17.7 Å². The van der Waals surface area contributed by atoms with Crippen molar-refractivity contribution in [3.63, 3.8) is 0 Å². The Balaban J connectivity index is 2.14. The molecule has 1 saturated carbocycles. The van der Waals surface area contributed by atoms with Gasteiger partial charge in [-0.1, -0.05) is 57.5 Å². The summed E-state index contributed by atoms with van der Waals surface area (Å²) < 4.78 is 7.36. The number of esters is 1. The van der Waals surface area contributed by atoms with E-state index in [9.17, 15) is 4.79 Å². The van der Waals surface area contributed by atoms with Crippen LogP contribution in [-0.4, -0.2) is 23.5 Å². The van der Waals surface area contributed by atoms with Crippen molar-refractivity contribution in [3.8, 4) is 0 Å². The monoisotopic (exact) mass is 337 g/mol. The Bertz CT molecular complexity index is 503. The van der Waals surface area contributed by atoms with Gasteiger partial charge in [0, 0.05) is 7.05 Å². The van der Waals surface area contributed by atoms with Crippen molar-refractivity contribution in [2.75, 3.05) is 7.05 Å². The molecular weight excluding hydrogens is 310 g/mol. The molecule has 0 amide bonds. The maximum atomic E-state index is 12.8.